The maximum Gasteiger partial charge on any atom is 0.144 e. The van der Waals surface area contributed by atoms with E-state index in [-0.39, 0.29) is 5.41 Å². The Balaban J connectivity index is 2.24. The van der Waals surface area contributed by atoms with Gasteiger partial charge in [0, 0.05) is 11.5 Å². The fourth-order valence-corrected chi connectivity index (χ4v) is 2.97. The molecule has 1 unspecified atom stereocenters. The highest BCUT2D eigenvalue weighted by atomic mass is 16.4. The first kappa shape index (κ1) is 16.3. The van der Waals surface area contributed by atoms with Crippen LogP contribution < -0.4 is 11.1 Å². The summed E-state index contributed by atoms with van der Waals surface area (Å²) >= 11 is 0. The van der Waals surface area contributed by atoms with Gasteiger partial charge >= 0.3 is 0 Å². The number of nitrogens with zero attached hydrogens (tertiary/aromatic N) is 1. The average molecular weight is 269 g/mol. The molecular formula is C15H31N3O. The van der Waals surface area contributed by atoms with Gasteiger partial charge in [-0.3, -0.25) is 0 Å². The van der Waals surface area contributed by atoms with Crippen LogP contribution in [0.5, 0.6) is 0 Å². The SMILES string of the molecule is CC1(C)CCCC(NCCCC(C)(C)C(N)=NO)C1. The Hall–Kier alpha value is -0.770. The van der Waals surface area contributed by atoms with E-state index in [1.54, 1.807) is 0 Å². The summed E-state index contributed by atoms with van der Waals surface area (Å²) in [6.45, 7) is 9.78. The molecule has 4 N–H and O–H groups in total. The quantitative estimate of drug-likeness (QED) is 0.228. The fraction of sp³-hybridized carbons (Fsp3) is 0.933. The highest BCUT2D eigenvalue weighted by Crippen LogP contribution is 2.35. The normalized spacial score (nSPS) is 24.4. The summed E-state index contributed by atoms with van der Waals surface area (Å²) in [5.41, 5.74) is 5.96. The van der Waals surface area contributed by atoms with Crippen molar-refractivity contribution in [3.05, 3.63) is 0 Å². The molecule has 0 aliphatic heterocycles. The molecule has 1 saturated carbocycles. The minimum Gasteiger partial charge on any atom is -0.409 e. The van der Waals surface area contributed by atoms with Crippen molar-refractivity contribution < 1.29 is 5.21 Å². The molecule has 0 amide bonds. The fourth-order valence-electron chi connectivity index (χ4n) is 2.97. The van der Waals surface area contributed by atoms with Crippen molar-refractivity contribution in [3.63, 3.8) is 0 Å². The lowest BCUT2D eigenvalue weighted by molar-refractivity contribution is 0.197. The van der Waals surface area contributed by atoms with Crippen LogP contribution in [0.1, 0.15) is 66.2 Å². The van der Waals surface area contributed by atoms with Crippen LogP contribution in [0, 0.1) is 10.8 Å². The van der Waals surface area contributed by atoms with Gasteiger partial charge in [0.05, 0.1) is 0 Å². The molecule has 4 heteroatoms. The average Bonchev–Trinajstić information content (AvgIpc) is 2.32. The van der Waals surface area contributed by atoms with Crippen LogP contribution in [0.4, 0.5) is 0 Å². The van der Waals surface area contributed by atoms with E-state index in [2.05, 4.69) is 24.3 Å². The van der Waals surface area contributed by atoms with Crippen LogP contribution in [0.3, 0.4) is 0 Å². The van der Waals surface area contributed by atoms with Crippen LogP contribution in [-0.4, -0.2) is 23.6 Å². The molecule has 19 heavy (non-hydrogen) atoms. The van der Waals surface area contributed by atoms with E-state index in [0.717, 1.165) is 19.4 Å². The van der Waals surface area contributed by atoms with Gasteiger partial charge < -0.3 is 16.3 Å². The van der Waals surface area contributed by atoms with Crippen molar-refractivity contribution in [1.82, 2.24) is 5.32 Å². The lowest BCUT2D eigenvalue weighted by Gasteiger charge is -2.36. The molecule has 0 bridgehead atoms. The summed E-state index contributed by atoms with van der Waals surface area (Å²) < 4.78 is 0. The molecule has 0 spiro atoms. The van der Waals surface area contributed by atoms with Crippen molar-refractivity contribution in [3.8, 4) is 0 Å². The molecule has 1 atom stereocenters. The van der Waals surface area contributed by atoms with Gasteiger partial charge in [0.1, 0.15) is 5.84 Å². The second-order valence-electron chi connectivity index (χ2n) is 7.38. The first-order valence-electron chi connectivity index (χ1n) is 7.48. The van der Waals surface area contributed by atoms with Crippen LogP contribution in [0.25, 0.3) is 0 Å². The van der Waals surface area contributed by atoms with Crippen molar-refractivity contribution in [1.29, 1.82) is 0 Å². The topological polar surface area (TPSA) is 70.6 Å². The Morgan fingerprint density at radius 2 is 2.16 bits per heavy atom. The molecule has 1 aliphatic carbocycles. The molecule has 0 radical (unpaired) electrons. The smallest absolute Gasteiger partial charge is 0.144 e. The van der Waals surface area contributed by atoms with Gasteiger partial charge in [0.25, 0.3) is 0 Å². The molecular weight excluding hydrogens is 238 g/mol. The first-order valence-corrected chi connectivity index (χ1v) is 7.48. The van der Waals surface area contributed by atoms with E-state index in [4.69, 9.17) is 10.9 Å². The Kier molecular flexibility index (Phi) is 5.65. The largest absolute Gasteiger partial charge is 0.409 e. The highest BCUT2D eigenvalue weighted by Gasteiger charge is 2.28. The van der Waals surface area contributed by atoms with Crippen molar-refractivity contribution in [2.45, 2.75) is 72.3 Å². The second-order valence-corrected chi connectivity index (χ2v) is 7.38. The van der Waals surface area contributed by atoms with Gasteiger partial charge in [-0.2, -0.15) is 0 Å². The molecule has 0 saturated heterocycles. The zero-order chi connectivity index (χ0) is 14.5. The molecule has 0 heterocycles. The second kappa shape index (κ2) is 6.60. The lowest BCUT2D eigenvalue weighted by Crippen LogP contribution is -2.38. The lowest BCUT2D eigenvalue weighted by atomic mass is 9.75. The van der Waals surface area contributed by atoms with E-state index < -0.39 is 0 Å². The zero-order valence-corrected chi connectivity index (χ0v) is 13.0. The summed E-state index contributed by atoms with van der Waals surface area (Å²) in [4.78, 5) is 0. The summed E-state index contributed by atoms with van der Waals surface area (Å²) in [6.07, 6.45) is 7.25. The number of nitrogens with two attached hydrogens (primary N) is 1. The Morgan fingerprint density at radius 1 is 1.47 bits per heavy atom. The van der Waals surface area contributed by atoms with Gasteiger partial charge in [-0.05, 0) is 44.1 Å². The van der Waals surface area contributed by atoms with Crippen LogP contribution in [0.2, 0.25) is 0 Å². The minimum atomic E-state index is -0.220. The number of hydrogen-bond donors (Lipinski definition) is 3. The Morgan fingerprint density at radius 3 is 2.74 bits per heavy atom. The van der Waals surface area contributed by atoms with E-state index in [1.165, 1.54) is 25.7 Å². The van der Waals surface area contributed by atoms with Gasteiger partial charge in [0.15, 0.2) is 0 Å². The first-order chi connectivity index (χ1) is 8.77. The molecule has 112 valence electrons. The van der Waals surface area contributed by atoms with Crippen LogP contribution in [-0.2, 0) is 0 Å². The summed E-state index contributed by atoms with van der Waals surface area (Å²) in [6, 6.07) is 0.663. The molecule has 1 aliphatic rings. The van der Waals surface area contributed by atoms with Gasteiger partial charge in [0.2, 0.25) is 0 Å². The third-order valence-corrected chi connectivity index (χ3v) is 4.42. The standard InChI is InChI=1S/C15H31N3O/c1-14(2)8-5-7-12(11-14)17-10-6-9-15(3,4)13(16)18-19/h12,17,19H,5-11H2,1-4H3,(H2,16,18). The maximum atomic E-state index is 8.74. The summed E-state index contributed by atoms with van der Waals surface area (Å²) in [5.74, 6) is 0.325. The Bertz CT molecular complexity index is 311. The zero-order valence-electron chi connectivity index (χ0n) is 13.0. The number of oxime groups is 1. The molecule has 4 nitrogen and oxygen atoms in total. The highest BCUT2D eigenvalue weighted by molar-refractivity contribution is 5.85. The van der Waals surface area contributed by atoms with Crippen molar-refractivity contribution >= 4 is 5.84 Å². The van der Waals surface area contributed by atoms with E-state index in [0.29, 0.717) is 17.3 Å². The van der Waals surface area contributed by atoms with Gasteiger partial charge in [-0.25, -0.2) is 0 Å². The monoisotopic (exact) mass is 269 g/mol. The number of nitrogens with one attached hydrogen (secondary N) is 1. The summed E-state index contributed by atoms with van der Waals surface area (Å²) in [7, 11) is 0. The van der Waals surface area contributed by atoms with Crippen LogP contribution >= 0.6 is 0 Å². The molecule has 0 aromatic rings. The van der Waals surface area contributed by atoms with E-state index >= 15 is 0 Å². The van der Waals surface area contributed by atoms with E-state index in [9.17, 15) is 0 Å². The molecule has 1 rings (SSSR count). The Labute approximate surface area is 117 Å². The number of hydrogen-bond acceptors (Lipinski definition) is 3. The summed E-state index contributed by atoms with van der Waals surface area (Å²) in [5, 5.41) is 15.5. The van der Waals surface area contributed by atoms with Gasteiger partial charge in [-0.15, -0.1) is 0 Å². The maximum absolute atomic E-state index is 8.74. The van der Waals surface area contributed by atoms with E-state index in [1.807, 2.05) is 13.8 Å². The third-order valence-electron chi connectivity index (χ3n) is 4.42. The predicted octanol–water partition coefficient (Wildman–Crippen LogP) is 3.10. The number of amidine groups is 1. The molecule has 0 aromatic heterocycles. The van der Waals surface area contributed by atoms with Crippen molar-refractivity contribution in [2.24, 2.45) is 21.7 Å². The molecule has 1 fully saturated rings. The minimum absolute atomic E-state index is 0.220. The predicted molar refractivity (Wildman–Crippen MR) is 80.5 cm³/mol. The van der Waals surface area contributed by atoms with Crippen molar-refractivity contribution in [2.75, 3.05) is 6.54 Å². The number of rotatable bonds is 6. The van der Waals surface area contributed by atoms with Crippen LogP contribution in [0.15, 0.2) is 5.16 Å². The molecule has 0 aromatic carbocycles. The van der Waals surface area contributed by atoms with Gasteiger partial charge in [-0.1, -0.05) is 39.3 Å². The third kappa shape index (κ3) is 5.39.